The van der Waals surface area contributed by atoms with Crippen LogP contribution in [-0.2, 0) is 0 Å². The van der Waals surface area contributed by atoms with E-state index in [0.717, 1.165) is 12.5 Å². The predicted molar refractivity (Wildman–Crippen MR) is 118 cm³/mol. The largest absolute Gasteiger partial charge is 0.394 e. The summed E-state index contributed by atoms with van der Waals surface area (Å²) < 4.78 is 0. The van der Waals surface area contributed by atoms with Crippen molar-refractivity contribution in [3.05, 3.63) is 58.7 Å². The fourth-order valence-corrected chi connectivity index (χ4v) is 3.99. The van der Waals surface area contributed by atoms with E-state index in [4.69, 9.17) is 4.99 Å². The summed E-state index contributed by atoms with van der Waals surface area (Å²) in [5.74, 6) is 0.932. The second kappa shape index (κ2) is 8.77. The summed E-state index contributed by atoms with van der Waals surface area (Å²) in [5, 5.41) is 9.38. The van der Waals surface area contributed by atoms with E-state index in [9.17, 15) is 5.11 Å². The van der Waals surface area contributed by atoms with Crippen molar-refractivity contribution in [2.45, 2.75) is 40.7 Å². The first-order valence-electron chi connectivity index (χ1n) is 9.30. The summed E-state index contributed by atoms with van der Waals surface area (Å²) in [6.07, 6.45) is 0. The van der Waals surface area contributed by atoms with Crippen molar-refractivity contribution in [3.63, 3.8) is 0 Å². The van der Waals surface area contributed by atoms with Crippen molar-refractivity contribution >= 4 is 29.7 Å². The zero-order valence-electron chi connectivity index (χ0n) is 16.9. The van der Waals surface area contributed by atoms with E-state index >= 15 is 0 Å². The van der Waals surface area contributed by atoms with E-state index in [-0.39, 0.29) is 19.0 Å². The van der Waals surface area contributed by atoms with Gasteiger partial charge in [0.25, 0.3) is 0 Å². The fraction of sp³-hybridized carbons (Fsp3) is 0.409. The average Bonchev–Trinajstić information content (AvgIpc) is 2.89. The van der Waals surface area contributed by atoms with Crippen molar-refractivity contribution in [3.8, 4) is 0 Å². The maximum atomic E-state index is 9.38. The van der Waals surface area contributed by atoms with E-state index < -0.39 is 0 Å². The Balaban J connectivity index is 0.00000261. The molecule has 0 spiro atoms. The Morgan fingerprint density at radius 2 is 1.41 bits per heavy atom. The quantitative estimate of drug-likeness (QED) is 0.844. The van der Waals surface area contributed by atoms with Gasteiger partial charge in [-0.05, 0) is 56.9 Å². The summed E-state index contributed by atoms with van der Waals surface area (Å²) in [6.45, 7) is 12.2. The topological polar surface area (TPSA) is 39.1 Å². The first-order valence-corrected chi connectivity index (χ1v) is 9.30. The number of anilines is 2. The number of hydrogen-bond donors (Lipinski definition) is 1. The predicted octanol–water partition coefficient (Wildman–Crippen LogP) is 4.41. The van der Waals surface area contributed by atoms with Crippen LogP contribution in [0.25, 0.3) is 0 Å². The first-order chi connectivity index (χ1) is 12.5. The smallest absolute Gasteiger partial charge is 0.206 e. The van der Waals surface area contributed by atoms with E-state index in [1.807, 2.05) is 0 Å². The molecule has 1 heterocycles. The van der Waals surface area contributed by atoms with Crippen molar-refractivity contribution in [2.24, 2.45) is 4.99 Å². The monoisotopic (exact) mass is 387 g/mol. The van der Waals surface area contributed by atoms with Gasteiger partial charge in [0.05, 0.1) is 19.2 Å². The van der Waals surface area contributed by atoms with Gasteiger partial charge in [-0.2, -0.15) is 0 Å². The molecule has 2 aromatic rings. The number of hydrogen-bond acceptors (Lipinski definition) is 2. The maximum Gasteiger partial charge on any atom is 0.206 e. The number of rotatable bonds is 4. The standard InChI is InChI=1S/C22H29N3O.ClH/c1-15-8-6-9-16(2)20(15)24-14-19(5)25(22(24)23-12-13-26)21-17(3)10-7-11-18(21)4;/h6-11,19,26H,12-14H2,1-5H3;1H. The van der Waals surface area contributed by atoms with Gasteiger partial charge in [-0.1, -0.05) is 36.4 Å². The van der Waals surface area contributed by atoms with Crippen LogP contribution in [0, 0.1) is 27.7 Å². The van der Waals surface area contributed by atoms with Gasteiger partial charge in [-0.25, -0.2) is 4.99 Å². The molecule has 1 aliphatic heterocycles. The summed E-state index contributed by atoms with van der Waals surface area (Å²) in [6, 6.07) is 13.1. The summed E-state index contributed by atoms with van der Waals surface area (Å²) in [5.41, 5.74) is 7.44. The van der Waals surface area contributed by atoms with Crippen LogP contribution in [0.5, 0.6) is 0 Å². The normalized spacial score (nSPS) is 18.1. The summed E-state index contributed by atoms with van der Waals surface area (Å²) >= 11 is 0. The molecule has 0 amide bonds. The molecule has 1 unspecified atom stereocenters. The molecule has 4 nitrogen and oxygen atoms in total. The minimum absolute atomic E-state index is 0. The number of benzene rings is 2. The third kappa shape index (κ3) is 3.97. The molecular weight excluding hydrogens is 358 g/mol. The van der Waals surface area contributed by atoms with Gasteiger partial charge in [0.1, 0.15) is 0 Å². The Labute approximate surface area is 168 Å². The third-order valence-corrected chi connectivity index (χ3v) is 5.09. The first kappa shape index (κ1) is 21.3. The van der Waals surface area contributed by atoms with Crippen LogP contribution in [0.1, 0.15) is 29.2 Å². The van der Waals surface area contributed by atoms with E-state index in [2.05, 4.69) is 80.8 Å². The van der Waals surface area contributed by atoms with Gasteiger partial charge in [-0.15, -0.1) is 12.4 Å². The van der Waals surface area contributed by atoms with E-state index in [0.29, 0.717) is 12.6 Å². The van der Waals surface area contributed by atoms with Crippen LogP contribution in [0.3, 0.4) is 0 Å². The maximum absolute atomic E-state index is 9.38. The number of para-hydroxylation sites is 2. The lowest BCUT2D eigenvalue weighted by atomic mass is 10.1. The SMILES string of the molecule is Cc1cccc(C)c1N1CC(C)N(c2c(C)cccc2C)C1=NCCO.Cl. The Morgan fingerprint density at radius 3 is 1.89 bits per heavy atom. The molecule has 0 aromatic heterocycles. The molecule has 146 valence electrons. The van der Waals surface area contributed by atoms with E-state index in [1.165, 1.54) is 33.6 Å². The minimum atomic E-state index is 0. The van der Waals surface area contributed by atoms with Gasteiger partial charge in [0, 0.05) is 17.9 Å². The second-order valence-corrected chi connectivity index (χ2v) is 7.22. The Hall–Kier alpha value is -2.04. The fourth-order valence-electron chi connectivity index (χ4n) is 3.99. The molecule has 1 N–H and O–H groups in total. The molecule has 0 aliphatic carbocycles. The molecule has 5 heteroatoms. The minimum Gasteiger partial charge on any atom is -0.394 e. The van der Waals surface area contributed by atoms with Gasteiger partial charge >= 0.3 is 0 Å². The van der Waals surface area contributed by atoms with Crippen LogP contribution in [0.2, 0.25) is 0 Å². The van der Waals surface area contributed by atoms with Crippen molar-refractivity contribution < 1.29 is 5.11 Å². The number of aryl methyl sites for hydroxylation is 4. The molecule has 2 aromatic carbocycles. The number of nitrogens with zero attached hydrogens (tertiary/aromatic N) is 3. The summed E-state index contributed by atoms with van der Waals surface area (Å²) in [4.78, 5) is 9.45. The molecular formula is C22H30ClN3O. The van der Waals surface area contributed by atoms with Crippen LogP contribution in [-0.4, -0.2) is 36.8 Å². The number of aliphatic imine (C=N–C) groups is 1. The molecule has 1 aliphatic rings. The molecule has 0 saturated carbocycles. The lowest BCUT2D eigenvalue weighted by Gasteiger charge is -2.29. The highest BCUT2D eigenvalue weighted by Crippen LogP contribution is 2.35. The van der Waals surface area contributed by atoms with Gasteiger partial charge in [-0.3, -0.25) is 0 Å². The lowest BCUT2D eigenvalue weighted by molar-refractivity contribution is 0.307. The van der Waals surface area contributed by atoms with Crippen molar-refractivity contribution in [2.75, 3.05) is 29.5 Å². The Bertz CT molecular complexity index is 794. The molecule has 1 fully saturated rings. The number of aliphatic hydroxyl groups is 1. The van der Waals surface area contributed by atoms with Gasteiger partial charge in [0.15, 0.2) is 0 Å². The highest BCUT2D eigenvalue weighted by atomic mass is 35.5. The second-order valence-electron chi connectivity index (χ2n) is 7.22. The van der Waals surface area contributed by atoms with Crippen LogP contribution in [0.4, 0.5) is 11.4 Å². The third-order valence-electron chi connectivity index (χ3n) is 5.09. The number of halogens is 1. The molecule has 0 bridgehead atoms. The molecule has 27 heavy (non-hydrogen) atoms. The molecule has 1 saturated heterocycles. The van der Waals surface area contributed by atoms with E-state index in [1.54, 1.807) is 0 Å². The molecule has 1 atom stereocenters. The Kier molecular flexibility index (Phi) is 6.90. The van der Waals surface area contributed by atoms with Crippen molar-refractivity contribution in [1.29, 1.82) is 0 Å². The van der Waals surface area contributed by atoms with Gasteiger partial charge in [0.2, 0.25) is 5.96 Å². The van der Waals surface area contributed by atoms with Crippen molar-refractivity contribution in [1.82, 2.24) is 0 Å². The summed E-state index contributed by atoms with van der Waals surface area (Å²) in [7, 11) is 0. The zero-order valence-corrected chi connectivity index (χ0v) is 17.7. The Morgan fingerprint density at radius 1 is 0.926 bits per heavy atom. The highest BCUT2D eigenvalue weighted by molar-refractivity contribution is 6.11. The number of guanidine groups is 1. The lowest BCUT2D eigenvalue weighted by Crippen LogP contribution is -2.37. The van der Waals surface area contributed by atoms with Crippen LogP contribution >= 0.6 is 12.4 Å². The van der Waals surface area contributed by atoms with Crippen LogP contribution in [0.15, 0.2) is 41.4 Å². The zero-order chi connectivity index (χ0) is 18.8. The highest BCUT2D eigenvalue weighted by Gasteiger charge is 2.36. The molecule has 3 rings (SSSR count). The number of aliphatic hydroxyl groups excluding tert-OH is 1. The molecule has 0 radical (unpaired) electrons. The van der Waals surface area contributed by atoms with Crippen LogP contribution < -0.4 is 9.80 Å². The average molecular weight is 388 g/mol. The van der Waals surface area contributed by atoms with Gasteiger partial charge < -0.3 is 14.9 Å².